The van der Waals surface area contributed by atoms with Crippen LogP contribution in [-0.2, 0) is 6.61 Å². The van der Waals surface area contributed by atoms with Crippen LogP contribution < -0.4 is 10.1 Å². The van der Waals surface area contributed by atoms with Gasteiger partial charge in [-0.15, -0.1) is 0 Å². The molecule has 6 nitrogen and oxygen atoms in total. The van der Waals surface area contributed by atoms with E-state index in [2.05, 4.69) is 82.8 Å². The zero-order valence-corrected chi connectivity index (χ0v) is 23.5. The quantitative estimate of drug-likeness (QED) is 0.100. The Labute approximate surface area is 241 Å². The first kappa shape index (κ1) is 26.0. The minimum Gasteiger partial charge on any atom is -0.488 e. The maximum Gasteiger partial charge on any atom is 0.269 e. The predicted octanol–water partition coefficient (Wildman–Crippen LogP) is 8.82. The largest absolute Gasteiger partial charge is 0.488 e. The van der Waals surface area contributed by atoms with Crippen LogP contribution in [0.15, 0.2) is 107 Å². The van der Waals surface area contributed by atoms with E-state index in [0.29, 0.717) is 24.2 Å². The van der Waals surface area contributed by atoms with E-state index in [0.717, 1.165) is 27.7 Å². The van der Waals surface area contributed by atoms with Crippen molar-refractivity contribution in [3.63, 3.8) is 0 Å². The van der Waals surface area contributed by atoms with Crippen molar-refractivity contribution in [2.75, 3.05) is 5.32 Å². The lowest BCUT2D eigenvalue weighted by molar-refractivity contribution is -0.384. The Balaban J connectivity index is 1.17. The van der Waals surface area contributed by atoms with Gasteiger partial charge in [-0.05, 0) is 84.5 Å². The summed E-state index contributed by atoms with van der Waals surface area (Å²) in [4.78, 5) is 15.2. The normalized spacial score (nSPS) is 19.2. The number of hydrogen-bond acceptors (Lipinski definition) is 5. The number of benzene rings is 4. The van der Waals surface area contributed by atoms with Crippen LogP contribution in [0.4, 0.5) is 17.1 Å². The molecular formula is C33H28BrN3O3. The van der Waals surface area contributed by atoms with Crippen molar-refractivity contribution in [2.24, 2.45) is 10.9 Å². The standard InChI is InChI=1S/C33H28BrN3O3/c1-21-5-15-31-30(17-21)28-3-2-4-29(28)33(36-31)23-8-11-26(12-9-23)35-19-24-18-25(34)10-16-32(24)40-20-22-6-13-27(14-7-22)37(38)39/h2-3,5-19,28-29,33,36H,4,20H2,1H3/t28-,29+,33+/m1/s1. The number of nitro groups is 1. The molecule has 0 bridgehead atoms. The van der Waals surface area contributed by atoms with Crippen molar-refractivity contribution in [1.82, 2.24) is 0 Å². The second-order valence-electron chi connectivity index (χ2n) is 10.3. The van der Waals surface area contributed by atoms with Crippen molar-refractivity contribution in [2.45, 2.75) is 31.9 Å². The van der Waals surface area contributed by atoms with Gasteiger partial charge in [0.05, 0.1) is 16.7 Å². The molecule has 0 fully saturated rings. The van der Waals surface area contributed by atoms with Crippen LogP contribution in [0.25, 0.3) is 0 Å². The molecule has 0 saturated carbocycles. The number of aryl methyl sites for hydroxylation is 1. The number of fused-ring (bicyclic) bond motifs is 3. The molecular weight excluding hydrogens is 566 g/mol. The van der Waals surface area contributed by atoms with Gasteiger partial charge >= 0.3 is 0 Å². The number of nitrogens with one attached hydrogen (secondary N) is 1. The molecule has 2 aliphatic rings. The van der Waals surface area contributed by atoms with E-state index in [1.807, 2.05) is 18.2 Å². The number of ether oxygens (including phenoxy) is 1. The fourth-order valence-corrected chi connectivity index (χ4v) is 5.96. The second-order valence-corrected chi connectivity index (χ2v) is 11.2. The highest BCUT2D eigenvalue weighted by Gasteiger charge is 2.37. The third kappa shape index (κ3) is 5.42. The van der Waals surface area contributed by atoms with Crippen LogP contribution in [0, 0.1) is 23.0 Å². The lowest BCUT2D eigenvalue weighted by atomic mass is 9.76. The molecule has 0 amide bonds. The van der Waals surface area contributed by atoms with Crippen molar-refractivity contribution in [3.8, 4) is 5.75 Å². The van der Waals surface area contributed by atoms with Gasteiger partial charge in [0.25, 0.3) is 5.69 Å². The molecule has 0 saturated heterocycles. The SMILES string of the molecule is Cc1ccc2c(c1)[C@@H]1C=CC[C@@H]1[C@H](c1ccc(N=Cc3cc(Br)ccc3OCc3ccc([N+](=O)[O-])cc3)cc1)N2. The van der Waals surface area contributed by atoms with Gasteiger partial charge in [-0.1, -0.05) is 57.9 Å². The van der Waals surface area contributed by atoms with E-state index in [9.17, 15) is 10.1 Å². The number of non-ortho nitro benzene ring substituents is 1. The van der Waals surface area contributed by atoms with Gasteiger partial charge in [0, 0.05) is 40.0 Å². The minimum atomic E-state index is -0.408. The Morgan fingerprint density at radius 2 is 1.85 bits per heavy atom. The average molecular weight is 595 g/mol. The van der Waals surface area contributed by atoms with Gasteiger partial charge in [0.15, 0.2) is 0 Å². The maximum atomic E-state index is 10.9. The monoisotopic (exact) mass is 593 g/mol. The summed E-state index contributed by atoms with van der Waals surface area (Å²) in [5.41, 5.74) is 7.78. The smallest absolute Gasteiger partial charge is 0.269 e. The highest BCUT2D eigenvalue weighted by molar-refractivity contribution is 9.10. The number of allylic oxidation sites excluding steroid dienone is 2. The summed E-state index contributed by atoms with van der Waals surface area (Å²) in [7, 11) is 0. The fourth-order valence-electron chi connectivity index (χ4n) is 5.58. The Bertz CT molecular complexity index is 1610. The Kier molecular flexibility index (Phi) is 7.22. The third-order valence-corrected chi connectivity index (χ3v) is 8.13. The number of halogens is 1. The van der Waals surface area contributed by atoms with Crippen molar-refractivity contribution in [1.29, 1.82) is 0 Å². The first-order valence-corrected chi connectivity index (χ1v) is 14.1. The van der Waals surface area contributed by atoms with Crippen LogP contribution in [0.1, 0.15) is 46.2 Å². The van der Waals surface area contributed by atoms with E-state index in [1.54, 1.807) is 18.3 Å². The van der Waals surface area contributed by atoms with Crippen LogP contribution in [0.2, 0.25) is 0 Å². The zero-order chi connectivity index (χ0) is 27.6. The molecule has 0 radical (unpaired) electrons. The van der Waals surface area contributed by atoms with Gasteiger partial charge < -0.3 is 10.1 Å². The lowest BCUT2D eigenvalue weighted by Crippen LogP contribution is -2.29. The summed E-state index contributed by atoms with van der Waals surface area (Å²) in [6, 6.07) is 27.6. The number of nitrogens with zero attached hydrogens (tertiary/aromatic N) is 2. The fraction of sp³-hybridized carbons (Fsp3) is 0.182. The molecule has 1 aliphatic heterocycles. The molecule has 3 atom stereocenters. The summed E-state index contributed by atoms with van der Waals surface area (Å²) in [5, 5.41) is 14.7. The number of aliphatic imine (C=N–C) groups is 1. The molecule has 1 N–H and O–H groups in total. The van der Waals surface area contributed by atoms with Gasteiger partial charge in [0.1, 0.15) is 12.4 Å². The molecule has 4 aromatic carbocycles. The van der Waals surface area contributed by atoms with Gasteiger partial charge in [-0.3, -0.25) is 15.1 Å². The third-order valence-electron chi connectivity index (χ3n) is 7.64. The lowest BCUT2D eigenvalue weighted by Gasteiger charge is -2.37. The highest BCUT2D eigenvalue weighted by atomic mass is 79.9. The molecule has 1 aliphatic carbocycles. The summed E-state index contributed by atoms with van der Waals surface area (Å²) < 4.78 is 6.97. The predicted molar refractivity (Wildman–Crippen MR) is 163 cm³/mol. The number of rotatable bonds is 7. The van der Waals surface area contributed by atoms with E-state index in [-0.39, 0.29) is 11.7 Å². The summed E-state index contributed by atoms with van der Waals surface area (Å²) in [5.74, 6) is 1.63. The molecule has 7 heteroatoms. The number of nitro benzene ring substituents is 1. The van der Waals surface area contributed by atoms with Gasteiger partial charge in [-0.25, -0.2) is 0 Å². The summed E-state index contributed by atoms with van der Waals surface area (Å²) >= 11 is 3.54. The number of hydrogen-bond donors (Lipinski definition) is 1. The highest BCUT2D eigenvalue weighted by Crippen LogP contribution is 2.50. The molecule has 4 aromatic rings. The van der Waals surface area contributed by atoms with Crippen molar-refractivity contribution in [3.05, 3.63) is 139 Å². The van der Waals surface area contributed by atoms with E-state index in [1.165, 1.54) is 34.5 Å². The molecule has 6 rings (SSSR count). The topological polar surface area (TPSA) is 76.8 Å². The Morgan fingerprint density at radius 3 is 2.62 bits per heavy atom. The average Bonchev–Trinajstić information content (AvgIpc) is 3.46. The molecule has 200 valence electrons. The van der Waals surface area contributed by atoms with E-state index >= 15 is 0 Å². The molecule has 0 spiro atoms. The molecule has 40 heavy (non-hydrogen) atoms. The first-order chi connectivity index (χ1) is 19.4. The van der Waals surface area contributed by atoms with Crippen molar-refractivity contribution < 1.29 is 9.66 Å². The minimum absolute atomic E-state index is 0.0603. The summed E-state index contributed by atoms with van der Waals surface area (Å²) in [6.45, 7) is 2.45. The molecule has 0 unspecified atom stereocenters. The van der Waals surface area contributed by atoms with E-state index < -0.39 is 4.92 Å². The van der Waals surface area contributed by atoms with E-state index in [4.69, 9.17) is 9.73 Å². The van der Waals surface area contributed by atoms with Crippen LogP contribution in [0.5, 0.6) is 5.75 Å². The number of anilines is 1. The molecule has 0 aromatic heterocycles. The Morgan fingerprint density at radius 1 is 1.05 bits per heavy atom. The van der Waals surface area contributed by atoms with Gasteiger partial charge in [-0.2, -0.15) is 0 Å². The Hall–Kier alpha value is -4.23. The second kappa shape index (κ2) is 11.1. The van der Waals surface area contributed by atoms with Gasteiger partial charge in [0.2, 0.25) is 0 Å². The van der Waals surface area contributed by atoms with Crippen molar-refractivity contribution >= 4 is 39.2 Å². The van der Waals surface area contributed by atoms with Crippen LogP contribution in [-0.4, -0.2) is 11.1 Å². The first-order valence-electron chi connectivity index (χ1n) is 13.3. The molecule has 1 heterocycles. The maximum absolute atomic E-state index is 10.9. The summed E-state index contributed by atoms with van der Waals surface area (Å²) in [6.07, 6.45) is 7.56. The van der Waals surface area contributed by atoms with Crippen LogP contribution in [0.3, 0.4) is 0 Å². The van der Waals surface area contributed by atoms with Crippen LogP contribution >= 0.6 is 15.9 Å². The zero-order valence-electron chi connectivity index (χ0n) is 22.0.